The van der Waals surface area contributed by atoms with Crippen molar-refractivity contribution in [1.82, 2.24) is 0 Å². The van der Waals surface area contributed by atoms with Crippen molar-refractivity contribution in [3.63, 3.8) is 0 Å². The van der Waals surface area contributed by atoms with E-state index in [0.717, 1.165) is 4.47 Å². The van der Waals surface area contributed by atoms with E-state index in [2.05, 4.69) is 20.7 Å². The molecular weight excluding hydrogens is 269 g/mol. The fraction of sp³-hybridized carbons (Fsp3) is 0.222. The van der Waals surface area contributed by atoms with E-state index >= 15 is 0 Å². The maximum absolute atomic E-state index is 11.1. The Kier molecular flexibility index (Phi) is 3.92. The van der Waals surface area contributed by atoms with Crippen molar-refractivity contribution in [3.8, 4) is 0 Å². The van der Waals surface area contributed by atoms with Crippen LogP contribution >= 0.6 is 27.5 Å². The zero-order chi connectivity index (χ0) is 10.7. The molecule has 0 spiro atoms. The van der Waals surface area contributed by atoms with E-state index in [9.17, 15) is 4.79 Å². The van der Waals surface area contributed by atoms with Crippen LogP contribution in [0.4, 0.5) is 0 Å². The molecule has 0 saturated carbocycles. The largest absolute Gasteiger partial charge is 0.468 e. The second kappa shape index (κ2) is 4.77. The smallest absolute Gasteiger partial charge is 0.327 e. The molecule has 3 nitrogen and oxygen atoms in total. The molecule has 14 heavy (non-hydrogen) atoms. The lowest BCUT2D eigenvalue weighted by Crippen LogP contribution is -2.22. The summed E-state index contributed by atoms with van der Waals surface area (Å²) in [5, 5.41) is 0.442. The third-order valence-electron chi connectivity index (χ3n) is 1.75. The summed E-state index contributed by atoms with van der Waals surface area (Å²) in [6.45, 7) is 0. The van der Waals surface area contributed by atoms with Crippen molar-refractivity contribution in [2.45, 2.75) is 6.04 Å². The van der Waals surface area contributed by atoms with Gasteiger partial charge in [0.25, 0.3) is 0 Å². The summed E-state index contributed by atoms with van der Waals surface area (Å²) in [5.41, 5.74) is 6.18. The Balaban J connectivity index is 3.01. The lowest BCUT2D eigenvalue weighted by molar-refractivity contribution is -0.142. The van der Waals surface area contributed by atoms with E-state index in [0.29, 0.717) is 10.6 Å². The average Bonchev–Trinajstić information content (AvgIpc) is 2.15. The molecule has 0 saturated heterocycles. The van der Waals surface area contributed by atoms with Gasteiger partial charge in [-0.1, -0.05) is 33.6 Å². The number of methoxy groups -OCH3 is 1. The van der Waals surface area contributed by atoms with Gasteiger partial charge in [-0.2, -0.15) is 0 Å². The normalized spacial score (nSPS) is 12.3. The van der Waals surface area contributed by atoms with Crippen molar-refractivity contribution in [3.05, 3.63) is 33.3 Å². The fourth-order valence-corrected chi connectivity index (χ4v) is 1.80. The first-order valence-corrected chi connectivity index (χ1v) is 5.01. The van der Waals surface area contributed by atoms with Crippen LogP contribution in [0.3, 0.4) is 0 Å². The van der Waals surface area contributed by atoms with Crippen molar-refractivity contribution in [2.24, 2.45) is 5.73 Å². The van der Waals surface area contributed by atoms with Gasteiger partial charge in [-0.15, -0.1) is 0 Å². The summed E-state index contributed by atoms with van der Waals surface area (Å²) in [7, 11) is 1.29. The number of carbonyl (C=O) groups excluding carboxylic acids is 1. The number of benzene rings is 1. The van der Waals surface area contributed by atoms with Gasteiger partial charge in [-0.25, -0.2) is 0 Å². The minimum Gasteiger partial charge on any atom is -0.468 e. The van der Waals surface area contributed by atoms with Crippen molar-refractivity contribution < 1.29 is 9.53 Å². The SMILES string of the molecule is COC(=O)C(N)c1ccc(Br)cc1Cl. The predicted molar refractivity (Wildman–Crippen MR) is 58.1 cm³/mol. The topological polar surface area (TPSA) is 52.3 Å². The number of hydrogen-bond acceptors (Lipinski definition) is 3. The molecule has 0 fully saturated rings. The fourth-order valence-electron chi connectivity index (χ4n) is 1.01. The zero-order valence-electron chi connectivity index (χ0n) is 7.46. The third kappa shape index (κ3) is 2.47. The van der Waals surface area contributed by atoms with Gasteiger partial charge < -0.3 is 10.5 Å². The number of hydrogen-bond donors (Lipinski definition) is 1. The first-order valence-electron chi connectivity index (χ1n) is 3.84. The third-order valence-corrected chi connectivity index (χ3v) is 2.57. The Morgan fingerprint density at radius 1 is 1.64 bits per heavy atom. The van der Waals surface area contributed by atoms with Crippen molar-refractivity contribution in [2.75, 3.05) is 7.11 Å². The lowest BCUT2D eigenvalue weighted by atomic mass is 10.1. The molecule has 0 radical (unpaired) electrons. The molecule has 76 valence electrons. The highest BCUT2D eigenvalue weighted by molar-refractivity contribution is 9.10. The highest BCUT2D eigenvalue weighted by atomic mass is 79.9. The first-order chi connectivity index (χ1) is 6.56. The Labute approximate surface area is 95.3 Å². The van der Waals surface area contributed by atoms with Gasteiger partial charge in [-0.05, 0) is 17.7 Å². The van der Waals surface area contributed by atoms with Gasteiger partial charge in [0.2, 0.25) is 0 Å². The standard InChI is InChI=1S/C9H9BrClNO2/c1-14-9(13)8(12)6-3-2-5(10)4-7(6)11/h2-4,8H,12H2,1H3. The molecule has 1 aromatic carbocycles. The van der Waals surface area contributed by atoms with E-state index in [4.69, 9.17) is 17.3 Å². The monoisotopic (exact) mass is 277 g/mol. The molecular formula is C9H9BrClNO2. The van der Waals surface area contributed by atoms with Crippen LogP contribution in [-0.4, -0.2) is 13.1 Å². The quantitative estimate of drug-likeness (QED) is 0.844. The molecule has 0 aromatic heterocycles. The highest BCUT2D eigenvalue weighted by Crippen LogP contribution is 2.25. The van der Waals surface area contributed by atoms with Crippen LogP contribution in [0.1, 0.15) is 11.6 Å². The van der Waals surface area contributed by atoms with E-state index in [1.165, 1.54) is 7.11 Å². The number of nitrogens with two attached hydrogens (primary N) is 1. The number of esters is 1. The summed E-state index contributed by atoms with van der Waals surface area (Å²) >= 11 is 9.17. The van der Waals surface area contributed by atoms with Crippen LogP contribution in [0, 0.1) is 0 Å². The second-order valence-corrected chi connectivity index (χ2v) is 3.99. The van der Waals surface area contributed by atoms with Crippen LogP contribution in [0.2, 0.25) is 5.02 Å². The van der Waals surface area contributed by atoms with E-state index in [-0.39, 0.29) is 0 Å². The molecule has 0 amide bonds. The molecule has 1 atom stereocenters. The minimum absolute atomic E-state index is 0.442. The van der Waals surface area contributed by atoms with Gasteiger partial charge in [0.15, 0.2) is 0 Å². The Bertz CT molecular complexity index is 357. The summed E-state index contributed by atoms with van der Waals surface area (Å²) in [5.74, 6) is -0.505. The average molecular weight is 279 g/mol. The van der Waals surface area contributed by atoms with Crippen molar-refractivity contribution in [1.29, 1.82) is 0 Å². The van der Waals surface area contributed by atoms with Crippen LogP contribution in [0.15, 0.2) is 22.7 Å². The van der Waals surface area contributed by atoms with Crippen LogP contribution < -0.4 is 5.73 Å². The lowest BCUT2D eigenvalue weighted by Gasteiger charge is -2.11. The van der Waals surface area contributed by atoms with Gasteiger partial charge >= 0.3 is 5.97 Å². The molecule has 0 heterocycles. The molecule has 1 aromatic rings. The Morgan fingerprint density at radius 3 is 2.79 bits per heavy atom. The number of halogens is 2. The van der Waals surface area contributed by atoms with Gasteiger partial charge in [-0.3, -0.25) is 4.79 Å². The molecule has 0 aliphatic heterocycles. The summed E-state index contributed by atoms with van der Waals surface area (Å²) in [4.78, 5) is 11.1. The molecule has 1 rings (SSSR count). The number of ether oxygens (including phenoxy) is 1. The van der Waals surface area contributed by atoms with Gasteiger partial charge in [0.05, 0.1) is 7.11 Å². The number of carbonyl (C=O) groups is 1. The van der Waals surface area contributed by atoms with Crippen LogP contribution in [-0.2, 0) is 9.53 Å². The highest BCUT2D eigenvalue weighted by Gasteiger charge is 2.18. The first kappa shape index (κ1) is 11.5. The van der Waals surface area contributed by atoms with E-state index in [1.807, 2.05) is 0 Å². The maximum atomic E-state index is 11.1. The van der Waals surface area contributed by atoms with Gasteiger partial charge in [0.1, 0.15) is 6.04 Å². The molecule has 0 aliphatic carbocycles. The Morgan fingerprint density at radius 2 is 2.29 bits per heavy atom. The molecule has 1 unspecified atom stereocenters. The molecule has 2 N–H and O–H groups in total. The zero-order valence-corrected chi connectivity index (χ0v) is 9.80. The summed E-state index contributed by atoms with van der Waals surface area (Å²) in [6, 6.07) is 4.30. The molecule has 5 heteroatoms. The second-order valence-electron chi connectivity index (χ2n) is 2.67. The Hall–Kier alpha value is -0.580. The summed E-state index contributed by atoms with van der Waals surface area (Å²) < 4.78 is 5.35. The maximum Gasteiger partial charge on any atom is 0.327 e. The van der Waals surface area contributed by atoms with Crippen LogP contribution in [0.5, 0.6) is 0 Å². The van der Waals surface area contributed by atoms with E-state index in [1.54, 1.807) is 18.2 Å². The van der Waals surface area contributed by atoms with Crippen molar-refractivity contribution >= 4 is 33.5 Å². The molecule has 0 aliphatic rings. The van der Waals surface area contributed by atoms with E-state index < -0.39 is 12.0 Å². The van der Waals surface area contributed by atoms with Gasteiger partial charge in [0, 0.05) is 9.50 Å². The predicted octanol–water partition coefficient (Wildman–Crippen LogP) is 2.28. The number of rotatable bonds is 2. The summed E-state index contributed by atoms with van der Waals surface area (Å²) in [6.07, 6.45) is 0. The van der Waals surface area contributed by atoms with Crippen LogP contribution in [0.25, 0.3) is 0 Å². The molecule has 0 bridgehead atoms. The minimum atomic E-state index is -0.833.